The van der Waals surface area contributed by atoms with Crippen LogP contribution in [0.25, 0.3) is 0 Å². The van der Waals surface area contributed by atoms with E-state index in [0.29, 0.717) is 0 Å². The van der Waals surface area contributed by atoms with Crippen molar-refractivity contribution in [1.82, 2.24) is 0 Å². The lowest BCUT2D eigenvalue weighted by molar-refractivity contribution is -0.145. The first-order valence-electron chi connectivity index (χ1n) is 6.03. The molecule has 1 atom stereocenters. The third-order valence-electron chi connectivity index (χ3n) is 3.14. The van der Waals surface area contributed by atoms with E-state index in [0.717, 1.165) is 19.3 Å². The third-order valence-corrected chi connectivity index (χ3v) is 3.14. The summed E-state index contributed by atoms with van der Waals surface area (Å²) in [6.07, 6.45) is 10.3. The summed E-state index contributed by atoms with van der Waals surface area (Å²) in [5, 5.41) is 0. The van der Waals surface area contributed by atoms with Gasteiger partial charge in [0.25, 0.3) is 0 Å². The molecule has 15 heavy (non-hydrogen) atoms. The number of unbranched alkanes of at least 4 members (excludes halogenated alkanes) is 2. The van der Waals surface area contributed by atoms with Crippen molar-refractivity contribution in [3.63, 3.8) is 0 Å². The molecule has 0 aromatic rings. The van der Waals surface area contributed by atoms with Gasteiger partial charge >= 0.3 is 5.97 Å². The quantitative estimate of drug-likeness (QED) is 0.394. The van der Waals surface area contributed by atoms with Crippen molar-refractivity contribution in [2.24, 2.45) is 5.92 Å². The Kier molecular flexibility index (Phi) is 5.44. The highest BCUT2D eigenvalue weighted by molar-refractivity contribution is 5.72. The van der Waals surface area contributed by atoms with Crippen LogP contribution >= 0.6 is 0 Å². The number of esters is 1. The zero-order chi connectivity index (χ0) is 11.1. The number of rotatable bonds is 5. The second-order valence-electron chi connectivity index (χ2n) is 4.31. The third kappa shape index (κ3) is 4.06. The van der Waals surface area contributed by atoms with Crippen molar-refractivity contribution >= 4 is 5.97 Å². The van der Waals surface area contributed by atoms with Gasteiger partial charge in [-0.15, -0.1) is 0 Å². The predicted molar refractivity (Wildman–Crippen MR) is 61.6 cm³/mol. The zero-order valence-electron chi connectivity index (χ0n) is 9.92. The van der Waals surface area contributed by atoms with Gasteiger partial charge in [-0.2, -0.15) is 0 Å². The highest BCUT2D eigenvalue weighted by Gasteiger charge is 2.21. The topological polar surface area (TPSA) is 26.3 Å². The number of hydrogen-bond acceptors (Lipinski definition) is 2. The second kappa shape index (κ2) is 6.65. The van der Waals surface area contributed by atoms with Crippen LogP contribution in [0.2, 0.25) is 0 Å². The number of allylic oxidation sites excluding steroid dienone is 2. The van der Waals surface area contributed by atoms with E-state index in [-0.39, 0.29) is 11.9 Å². The Morgan fingerprint density at radius 1 is 1.53 bits per heavy atom. The number of carbonyl (C=O) groups excluding carboxylic acids is 1. The summed E-state index contributed by atoms with van der Waals surface area (Å²) in [7, 11) is 1.48. The van der Waals surface area contributed by atoms with E-state index in [2.05, 4.69) is 13.0 Å². The molecule has 0 bridgehead atoms. The van der Waals surface area contributed by atoms with Crippen LogP contribution in [0.3, 0.4) is 0 Å². The molecule has 1 unspecified atom stereocenters. The highest BCUT2D eigenvalue weighted by atomic mass is 16.5. The van der Waals surface area contributed by atoms with Gasteiger partial charge in [-0.1, -0.05) is 31.4 Å². The maximum Gasteiger partial charge on any atom is 0.308 e. The molecule has 0 aromatic carbocycles. The summed E-state index contributed by atoms with van der Waals surface area (Å²) in [6.45, 7) is 2.22. The standard InChI is InChI=1S/C13H22O2/c1-3-4-5-6-11-7-9-12(10-8-11)13(14)15-2/h7,12H,3-6,8-10H2,1-2H3. The van der Waals surface area contributed by atoms with Crippen molar-refractivity contribution in [1.29, 1.82) is 0 Å². The molecule has 0 radical (unpaired) electrons. The number of methoxy groups -OCH3 is 1. The summed E-state index contributed by atoms with van der Waals surface area (Å²) >= 11 is 0. The molecule has 0 heterocycles. The van der Waals surface area contributed by atoms with Gasteiger partial charge in [0.05, 0.1) is 13.0 Å². The van der Waals surface area contributed by atoms with Crippen molar-refractivity contribution in [3.05, 3.63) is 11.6 Å². The molecule has 0 amide bonds. The molecule has 0 N–H and O–H groups in total. The fraction of sp³-hybridized carbons (Fsp3) is 0.769. The lowest BCUT2D eigenvalue weighted by Crippen LogP contribution is -2.18. The molecule has 86 valence electrons. The molecule has 1 aliphatic carbocycles. The molecule has 0 aliphatic heterocycles. The van der Waals surface area contributed by atoms with E-state index in [4.69, 9.17) is 4.74 Å². The van der Waals surface area contributed by atoms with Gasteiger partial charge in [0, 0.05) is 0 Å². The van der Waals surface area contributed by atoms with Crippen molar-refractivity contribution in [2.75, 3.05) is 7.11 Å². The molecular weight excluding hydrogens is 188 g/mol. The van der Waals surface area contributed by atoms with Crippen LogP contribution in [0.5, 0.6) is 0 Å². The number of carbonyl (C=O) groups is 1. The Hall–Kier alpha value is -0.790. The monoisotopic (exact) mass is 210 g/mol. The van der Waals surface area contributed by atoms with Crippen LogP contribution in [-0.4, -0.2) is 13.1 Å². The minimum Gasteiger partial charge on any atom is -0.469 e. The molecule has 2 heteroatoms. The zero-order valence-corrected chi connectivity index (χ0v) is 9.92. The summed E-state index contributed by atoms with van der Waals surface area (Å²) in [4.78, 5) is 11.3. The SMILES string of the molecule is CCCCCC1=CCC(C(=O)OC)CC1. The number of hydrogen-bond donors (Lipinski definition) is 0. The van der Waals surface area contributed by atoms with E-state index in [1.54, 1.807) is 5.57 Å². The number of ether oxygens (including phenoxy) is 1. The highest BCUT2D eigenvalue weighted by Crippen LogP contribution is 2.27. The molecule has 0 saturated heterocycles. The van der Waals surface area contributed by atoms with Gasteiger partial charge in [0.1, 0.15) is 0 Å². The van der Waals surface area contributed by atoms with Crippen LogP contribution in [0.15, 0.2) is 11.6 Å². The lowest BCUT2D eigenvalue weighted by Gasteiger charge is -2.19. The Morgan fingerprint density at radius 3 is 2.87 bits per heavy atom. The molecule has 0 fully saturated rings. The summed E-state index contributed by atoms with van der Waals surface area (Å²) < 4.78 is 4.76. The van der Waals surface area contributed by atoms with Crippen molar-refractivity contribution < 1.29 is 9.53 Å². The molecule has 2 nitrogen and oxygen atoms in total. The van der Waals surface area contributed by atoms with Crippen LogP contribution in [0.1, 0.15) is 51.9 Å². The van der Waals surface area contributed by atoms with E-state index < -0.39 is 0 Å². The smallest absolute Gasteiger partial charge is 0.308 e. The lowest BCUT2D eigenvalue weighted by atomic mass is 9.87. The maximum absolute atomic E-state index is 11.3. The van der Waals surface area contributed by atoms with E-state index in [9.17, 15) is 4.79 Å². The molecule has 0 saturated carbocycles. The van der Waals surface area contributed by atoms with Crippen molar-refractivity contribution in [3.8, 4) is 0 Å². The largest absolute Gasteiger partial charge is 0.469 e. The fourth-order valence-electron chi connectivity index (χ4n) is 2.10. The molecular formula is C13H22O2. The first kappa shape index (κ1) is 12.3. The first-order valence-corrected chi connectivity index (χ1v) is 6.03. The van der Waals surface area contributed by atoms with E-state index >= 15 is 0 Å². The van der Waals surface area contributed by atoms with Crippen LogP contribution < -0.4 is 0 Å². The average molecular weight is 210 g/mol. The summed E-state index contributed by atoms with van der Waals surface area (Å²) in [5.41, 5.74) is 1.55. The average Bonchev–Trinajstić information content (AvgIpc) is 2.29. The minimum atomic E-state index is -0.0427. The van der Waals surface area contributed by atoms with E-state index in [1.807, 2.05) is 0 Å². The molecule has 0 spiro atoms. The normalized spacial score (nSPS) is 20.9. The Morgan fingerprint density at radius 2 is 2.33 bits per heavy atom. The molecule has 0 aromatic heterocycles. The van der Waals surface area contributed by atoms with Gasteiger partial charge in [-0.25, -0.2) is 0 Å². The van der Waals surface area contributed by atoms with Crippen LogP contribution in [-0.2, 0) is 9.53 Å². The van der Waals surface area contributed by atoms with Crippen LogP contribution in [0, 0.1) is 5.92 Å². The Balaban J connectivity index is 2.28. The predicted octanol–water partition coefficient (Wildman–Crippen LogP) is 3.47. The second-order valence-corrected chi connectivity index (χ2v) is 4.31. The van der Waals surface area contributed by atoms with Gasteiger partial charge in [-0.3, -0.25) is 4.79 Å². The minimum absolute atomic E-state index is 0.0427. The summed E-state index contributed by atoms with van der Waals surface area (Å²) in [6, 6.07) is 0. The first-order chi connectivity index (χ1) is 7.27. The fourth-order valence-corrected chi connectivity index (χ4v) is 2.10. The van der Waals surface area contributed by atoms with Gasteiger partial charge < -0.3 is 4.74 Å². The summed E-state index contributed by atoms with van der Waals surface area (Å²) in [5.74, 6) is 0.0729. The Bertz CT molecular complexity index is 231. The van der Waals surface area contributed by atoms with Crippen LogP contribution in [0.4, 0.5) is 0 Å². The van der Waals surface area contributed by atoms with E-state index in [1.165, 1.54) is 32.8 Å². The van der Waals surface area contributed by atoms with Gasteiger partial charge in [0.15, 0.2) is 0 Å². The van der Waals surface area contributed by atoms with Gasteiger partial charge in [-0.05, 0) is 32.1 Å². The van der Waals surface area contributed by atoms with Crippen molar-refractivity contribution in [2.45, 2.75) is 51.9 Å². The van der Waals surface area contributed by atoms with Gasteiger partial charge in [0.2, 0.25) is 0 Å². The Labute approximate surface area is 92.7 Å². The molecule has 1 aliphatic rings. The maximum atomic E-state index is 11.3. The molecule has 1 rings (SSSR count).